The molecule has 0 fully saturated rings. The van der Waals surface area contributed by atoms with Crippen molar-refractivity contribution in [3.63, 3.8) is 0 Å². The van der Waals surface area contributed by atoms with Crippen LogP contribution >= 0.6 is 27.3 Å². The maximum atomic E-state index is 12.2. The predicted molar refractivity (Wildman–Crippen MR) is 83.8 cm³/mol. The van der Waals surface area contributed by atoms with Crippen LogP contribution in [0.3, 0.4) is 0 Å². The van der Waals surface area contributed by atoms with E-state index in [4.69, 9.17) is 0 Å². The molecule has 4 heteroatoms. The second-order valence-electron chi connectivity index (χ2n) is 4.57. The Morgan fingerprint density at radius 3 is 2.58 bits per heavy atom. The fourth-order valence-corrected chi connectivity index (χ4v) is 3.42. The molecule has 1 N–H and O–H groups in total. The average molecular weight is 338 g/mol. The number of hydrogen-bond donors (Lipinski definition) is 1. The lowest BCUT2D eigenvalue weighted by atomic mass is 10.1. The summed E-state index contributed by atoms with van der Waals surface area (Å²) >= 11 is 5.05. The van der Waals surface area contributed by atoms with Gasteiger partial charge in [-0.25, -0.2) is 0 Å². The SMILES string of the molecule is Cc1cc(C(=O)N[C@H](C)c2ccccc2Br)sc1C. The number of amides is 1. The average Bonchev–Trinajstić information content (AvgIpc) is 2.70. The van der Waals surface area contributed by atoms with E-state index >= 15 is 0 Å². The number of benzene rings is 1. The van der Waals surface area contributed by atoms with E-state index in [1.165, 1.54) is 10.4 Å². The normalized spacial score (nSPS) is 12.2. The number of thiophene rings is 1. The van der Waals surface area contributed by atoms with Crippen LogP contribution in [-0.4, -0.2) is 5.91 Å². The Morgan fingerprint density at radius 1 is 1.32 bits per heavy atom. The van der Waals surface area contributed by atoms with Gasteiger partial charge in [0.1, 0.15) is 0 Å². The third kappa shape index (κ3) is 3.25. The lowest BCUT2D eigenvalue weighted by Gasteiger charge is -2.15. The fourth-order valence-electron chi connectivity index (χ4n) is 1.86. The summed E-state index contributed by atoms with van der Waals surface area (Å²) in [4.78, 5) is 14.2. The molecule has 1 amide bonds. The Hall–Kier alpha value is -1.13. The minimum atomic E-state index is -0.0224. The number of carbonyl (C=O) groups excluding carboxylic acids is 1. The van der Waals surface area contributed by atoms with Crippen LogP contribution in [0.2, 0.25) is 0 Å². The molecule has 0 bridgehead atoms. The smallest absolute Gasteiger partial charge is 0.261 e. The topological polar surface area (TPSA) is 29.1 Å². The van der Waals surface area contributed by atoms with Gasteiger partial charge in [-0.2, -0.15) is 0 Å². The van der Waals surface area contributed by atoms with Gasteiger partial charge in [0.2, 0.25) is 0 Å². The maximum absolute atomic E-state index is 12.2. The van der Waals surface area contributed by atoms with Crippen molar-refractivity contribution < 1.29 is 4.79 Å². The zero-order valence-electron chi connectivity index (χ0n) is 11.2. The molecular formula is C15H16BrNOS. The summed E-state index contributed by atoms with van der Waals surface area (Å²) in [6.07, 6.45) is 0. The molecule has 100 valence electrons. The predicted octanol–water partition coefficient (Wildman–Crippen LogP) is 4.62. The van der Waals surface area contributed by atoms with Crippen LogP contribution in [0.15, 0.2) is 34.8 Å². The number of carbonyl (C=O) groups is 1. The Kier molecular flexibility index (Phi) is 4.42. The molecule has 0 saturated heterocycles. The second kappa shape index (κ2) is 5.88. The summed E-state index contributed by atoms with van der Waals surface area (Å²) in [6, 6.07) is 9.86. The van der Waals surface area contributed by atoms with E-state index < -0.39 is 0 Å². The molecule has 2 aromatic rings. The van der Waals surface area contributed by atoms with Crippen LogP contribution in [-0.2, 0) is 0 Å². The monoisotopic (exact) mass is 337 g/mol. The number of aryl methyl sites for hydroxylation is 2. The Labute approximate surface area is 126 Å². The minimum absolute atomic E-state index is 0.00977. The van der Waals surface area contributed by atoms with Crippen molar-refractivity contribution in [3.8, 4) is 0 Å². The molecule has 0 aliphatic heterocycles. The third-order valence-corrected chi connectivity index (χ3v) is 4.98. The van der Waals surface area contributed by atoms with E-state index in [1.54, 1.807) is 11.3 Å². The van der Waals surface area contributed by atoms with Crippen LogP contribution in [0.25, 0.3) is 0 Å². The van der Waals surface area contributed by atoms with Crippen LogP contribution in [0.4, 0.5) is 0 Å². The fraction of sp³-hybridized carbons (Fsp3) is 0.267. The molecule has 1 aromatic heterocycles. The largest absolute Gasteiger partial charge is 0.345 e. The summed E-state index contributed by atoms with van der Waals surface area (Å²) in [5.74, 6) is -0.00977. The molecule has 1 heterocycles. The van der Waals surface area contributed by atoms with Gasteiger partial charge in [-0.05, 0) is 44.0 Å². The third-order valence-electron chi connectivity index (χ3n) is 3.11. The van der Waals surface area contributed by atoms with Crippen LogP contribution < -0.4 is 5.32 Å². The molecule has 0 aliphatic carbocycles. The molecule has 1 atom stereocenters. The van der Waals surface area contributed by atoms with Crippen LogP contribution in [0.5, 0.6) is 0 Å². The van der Waals surface area contributed by atoms with E-state index in [1.807, 2.05) is 51.1 Å². The van der Waals surface area contributed by atoms with Crippen molar-refractivity contribution in [2.45, 2.75) is 26.8 Å². The van der Waals surface area contributed by atoms with Crippen molar-refractivity contribution in [1.82, 2.24) is 5.32 Å². The Balaban J connectivity index is 2.13. The van der Waals surface area contributed by atoms with Crippen molar-refractivity contribution in [3.05, 3.63) is 55.7 Å². The van der Waals surface area contributed by atoms with Gasteiger partial charge in [0.15, 0.2) is 0 Å². The molecule has 19 heavy (non-hydrogen) atoms. The van der Waals surface area contributed by atoms with Gasteiger partial charge in [0.05, 0.1) is 10.9 Å². The molecule has 0 unspecified atom stereocenters. The second-order valence-corrected chi connectivity index (χ2v) is 6.68. The molecular weight excluding hydrogens is 322 g/mol. The lowest BCUT2D eigenvalue weighted by Crippen LogP contribution is -2.26. The van der Waals surface area contributed by atoms with Gasteiger partial charge < -0.3 is 5.32 Å². The highest BCUT2D eigenvalue weighted by atomic mass is 79.9. The van der Waals surface area contributed by atoms with Crippen molar-refractivity contribution in [2.75, 3.05) is 0 Å². The molecule has 1 aromatic carbocycles. The first kappa shape index (κ1) is 14.3. The van der Waals surface area contributed by atoms with Crippen molar-refractivity contribution in [1.29, 1.82) is 0 Å². The van der Waals surface area contributed by atoms with Crippen molar-refractivity contribution in [2.24, 2.45) is 0 Å². The number of rotatable bonds is 3. The van der Waals surface area contributed by atoms with E-state index in [9.17, 15) is 4.79 Å². The maximum Gasteiger partial charge on any atom is 0.261 e. The first-order valence-corrected chi connectivity index (χ1v) is 7.72. The highest BCUT2D eigenvalue weighted by Gasteiger charge is 2.15. The first-order chi connectivity index (χ1) is 8.99. The van der Waals surface area contributed by atoms with E-state index in [0.29, 0.717) is 0 Å². The minimum Gasteiger partial charge on any atom is -0.345 e. The first-order valence-electron chi connectivity index (χ1n) is 6.11. The van der Waals surface area contributed by atoms with Gasteiger partial charge in [-0.3, -0.25) is 4.79 Å². The van der Waals surface area contributed by atoms with E-state index in [2.05, 4.69) is 21.2 Å². The van der Waals surface area contributed by atoms with Crippen molar-refractivity contribution >= 4 is 33.2 Å². The van der Waals surface area contributed by atoms with E-state index in [0.717, 1.165) is 14.9 Å². The molecule has 2 nitrogen and oxygen atoms in total. The van der Waals surface area contributed by atoms with Gasteiger partial charge in [0, 0.05) is 9.35 Å². The number of halogens is 1. The molecule has 0 aliphatic rings. The summed E-state index contributed by atoms with van der Waals surface area (Å²) < 4.78 is 1.02. The van der Waals surface area contributed by atoms with E-state index in [-0.39, 0.29) is 11.9 Å². The number of hydrogen-bond acceptors (Lipinski definition) is 2. The van der Waals surface area contributed by atoms with Gasteiger partial charge >= 0.3 is 0 Å². The van der Waals surface area contributed by atoms with Gasteiger partial charge in [-0.15, -0.1) is 11.3 Å². The number of nitrogens with one attached hydrogen (secondary N) is 1. The summed E-state index contributed by atoms with van der Waals surface area (Å²) in [5.41, 5.74) is 2.25. The summed E-state index contributed by atoms with van der Waals surface area (Å²) in [7, 11) is 0. The van der Waals surface area contributed by atoms with Crippen LogP contribution in [0, 0.1) is 13.8 Å². The highest BCUT2D eigenvalue weighted by molar-refractivity contribution is 9.10. The van der Waals surface area contributed by atoms with Gasteiger partial charge in [0.25, 0.3) is 5.91 Å². The zero-order chi connectivity index (χ0) is 14.0. The lowest BCUT2D eigenvalue weighted by molar-refractivity contribution is 0.0944. The molecule has 0 saturated carbocycles. The molecule has 0 spiro atoms. The Bertz CT molecular complexity index is 586. The highest BCUT2D eigenvalue weighted by Crippen LogP contribution is 2.25. The molecule has 0 radical (unpaired) electrons. The summed E-state index contributed by atoms with van der Waals surface area (Å²) in [6.45, 7) is 6.05. The summed E-state index contributed by atoms with van der Waals surface area (Å²) in [5, 5.41) is 3.04. The zero-order valence-corrected chi connectivity index (χ0v) is 13.6. The Morgan fingerprint density at radius 2 is 2.00 bits per heavy atom. The van der Waals surface area contributed by atoms with Crippen LogP contribution in [0.1, 0.15) is 38.6 Å². The standard InChI is InChI=1S/C15H16BrNOS/c1-9-8-14(19-11(9)3)15(18)17-10(2)12-6-4-5-7-13(12)16/h4-8,10H,1-3H3,(H,17,18)/t10-/m1/s1. The molecule has 2 rings (SSSR count). The quantitative estimate of drug-likeness (QED) is 0.869. The van der Waals surface area contributed by atoms with Gasteiger partial charge in [-0.1, -0.05) is 34.1 Å².